The van der Waals surface area contributed by atoms with Gasteiger partial charge in [-0.3, -0.25) is 0 Å². The molecular formula is C13H11N2O2+. The van der Waals surface area contributed by atoms with Crippen molar-refractivity contribution in [1.29, 1.82) is 5.39 Å². The minimum absolute atomic E-state index is 0.0123. The van der Waals surface area contributed by atoms with Crippen molar-refractivity contribution in [2.24, 2.45) is 0 Å². The topological polar surface area (TPSA) is 57.6 Å². The van der Waals surface area contributed by atoms with Gasteiger partial charge in [0.1, 0.15) is 0 Å². The highest BCUT2D eigenvalue weighted by molar-refractivity contribution is 5.87. The smallest absolute Gasteiger partial charge is 0.471 e. The fourth-order valence-corrected chi connectivity index (χ4v) is 1.66. The van der Waals surface area contributed by atoms with Crippen LogP contribution in [0.2, 0.25) is 0 Å². The van der Waals surface area contributed by atoms with Crippen LogP contribution < -0.4 is 0 Å². The van der Waals surface area contributed by atoms with Crippen LogP contribution in [-0.4, -0.2) is 12.2 Å². The maximum Gasteiger partial charge on any atom is 0.471 e. The van der Waals surface area contributed by atoms with E-state index in [1.165, 1.54) is 7.11 Å². The number of aliphatic hydroxyl groups excluding tert-OH is 1. The lowest BCUT2D eigenvalue weighted by molar-refractivity contribution is 0.139. The van der Waals surface area contributed by atoms with Gasteiger partial charge in [-0.25, -0.2) is 0 Å². The highest BCUT2D eigenvalue weighted by Gasteiger charge is 2.23. The number of aliphatic hydroxyl groups is 1. The zero-order valence-corrected chi connectivity index (χ0v) is 9.29. The molecule has 84 valence electrons. The second-order valence-corrected chi connectivity index (χ2v) is 3.52. The van der Waals surface area contributed by atoms with Gasteiger partial charge < -0.3 is 9.84 Å². The number of nitrogens with zero attached hydrogens (tertiary/aromatic N) is 2. The molecule has 17 heavy (non-hydrogen) atoms. The lowest BCUT2D eigenvalue weighted by Gasteiger charge is -1.98. The van der Waals surface area contributed by atoms with Crippen molar-refractivity contribution < 1.29 is 9.84 Å². The predicted octanol–water partition coefficient (Wildman–Crippen LogP) is 3.52. The molecule has 0 bridgehead atoms. The van der Waals surface area contributed by atoms with E-state index in [1.54, 1.807) is 6.07 Å². The summed E-state index contributed by atoms with van der Waals surface area (Å²) in [6.45, 7) is 0. The molecule has 0 amide bonds. The van der Waals surface area contributed by atoms with Gasteiger partial charge in [-0.15, -0.1) is 0 Å². The van der Waals surface area contributed by atoms with Crippen LogP contribution in [0.4, 0.5) is 0 Å². The SMILES string of the molecule is CO/C(O)=C(/[N+]#N)c1ccc2ccccc2c1. The third kappa shape index (κ3) is 2.04. The minimum Gasteiger partial charge on any atom is -0.475 e. The first-order valence-electron chi connectivity index (χ1n) is 5.07. The zero-order valence-electron chi connectivity index (χ0n) is 9.29. The van der Waals surface area contributed by atoms with Gasteiger partial charge in [0.15, 0.2) is 4.98 Å². The Labute approximate surface area is 98.4 Å². The Balaban J connectivity index is 2.61. The number of rotatable bonds is 2. The number of benzene rings is 2. The summed E-state index contributed by atoms with van der Waals surface area (Å²) < 4.78 is 4.65. The highest BCUT2D eigenvalue weighted by atomic mass is 16.6. The lowest BCUT2D eigenvalue weighted by Crippen LogP contribution is -1.90. The number of fused-ring (bicyclic) bond motifs is 1. The molecule has 0 saturated heterocycles. The summed E-state index contributed by atoms with van der Waals surface area (Å²) in [6, 6.07) is 13.3. The van der Waals surface area contributed by atoms with Crippen molar-refractivity contribution >= 4 is 16.5 Å². The van der Waals surface area contributed by atoms with Crippen LogP contribution in [0.15, 0.2) is 48.4 Å². The van der Waals surface area contributed by atoms with E-state index >= 15 is 0 Å². The summed E-state index contributed by atoms with van der Waals surface area (Å²) in [5, 5.41) is 20.4. The van der Waals surface area contributed by atoms with Gasteiger partial charge in [-0.2, -0.15) is 0 Å². The van der Waals surface area contributed by atoms with Gasteiger partial charge in [0, 0.05) is 0 Å². The van der Waals surface area contributed by atoms with Crippen LogP contribution in [0.25, 0.3) is 21.4 Å². The first kappa shape index (κ1) is 11.0. The van der Waals surface area contributed by atoms with Gasteiger partial charge >= 0.3 is 11.6 Å². The Kier molecular flexibility index (Phi) is 2.93. The lowest BCUT2D eigenvalue weighted by atomic mass is 10.1. The molecule has 0 heterocycles. The Bertz CT molecular complexity index is 627. The molecule has 1 N–H and O–H groups in total. The second kappa shape index (κ2) is 4.54. The Morgan fingerprint density at radius 2 is 1.88 bits per heavy atom. The molecule has 0 unspecified atom stereocenters. The first-order chi connectivity index (χ1) is 8.26. The van der Waals surface area contributed by atoms with Gasteiger partial charge in [-0.05, 0) is 22.9 Å². The molecule has 0 aliphatic carbocycles. The molecular weight excluding hydrogens is 216 g/mol. The minimum atomic E-state index is -0.414. The molecule has 2 aromatic rings. The summed E-state index contributed by atoms with van der Waals surface area (Å²) in [4.78, 5) is 3.04. The Morgan fingerprint density at radius 1 is 1.18 bits per heavy atom. The molecule has 0 aliphatic rings. The third-order valence-corrected chi connectivity index (χ3v) is 2.52. The van der Waals surface area contributed by atoms with Crippen LogP contribution in [0.5, 0.6) is 0 Å². The fourth-order valence-electron chi connectivity index (χ4n) is 1.66. The van der Waals surface area contributed by atoms with E-state index in [0.29, 0.717) is 5.56 Å². The zero-order chi connectivity index (χ0) is 12.3. The first-order valence-corrected chi connectivity index (χ1v) is 5.07. The second-order valence-electron chi connectivity index (χ2n) is 3.52. The highest BCUT2D eigenvalue weighted by Crippen LogP contribution is 2.24. The van der Waals surface area contributed by atoms with Crippen LogP contribution in [0, 0.1) is 5.39 Å². The fraction of sp³-hybridized carbons (Fsp3) is 0.0769. The van der Waals surface area contributed by atoms with Crippen LogP contribution in [-0.2, 0) is 4.74 Å². The number of methoxy groups -OCH3 is 1. The maximum atomic E-state index is 9.45. The number of ether oxygens (including phenoxy) is 1. The molecule has 2 rings (SSSR count). The molecule has 0 aliphatic heterocycles. The van der Waals surface area contributed by atoms with Crippen LogP contribution in [0.3, 0.4) is 0 Å². The van der Waals surface area contributed by atoms with E-state index in [0.717, 1.165) is 10.8 Å². The van der Waals surface area contributed by atoms with Gasteiger partial charge in [0.2, 0.25) is 5.39 Å². The van der Waals surface area contributed by atoms with Crippen molar-refractivity contribution in [3.8, 4) is 0 Å². The number of hydrogen-bond donors (Lipinski definition) is 1. The third-order valence-electron chi connectivity index (χ3n) is 2.52. The van der Waals surface area contributed by atoms with E-state index in [4.69, 9.17) is 5.39 Å². The molecule has 0 atom stereocenters. The maximum absolute atomic E-state index is 9.45. The average molecular weight is 227 g/mol. The van der Waals surface area contributed by atoms with Crippen molar-refractivity contribution in [3.05, 3.63) is 58.9 Å². The molecule has 2 aromatic carbocycles. The summed E-state index contributed by atoms with van der Waals surface area (Å²) in [5.74, 6) is -0.414. The van der Waals surface area contributed by atoms with Gasteiger partial charge in [0.25, 0.3) is 0 Å². The van der Waals surface area contributed by atoms with E-state index in [2.05, 4.69) is 9.71 Å². The normalized spacial score (nSPS) is 11.8. The number of hydrogen-bond acceptors (Lipinski definition) is 3. The summed E-state index contributed by atoms with van der Waals surface area (Å²) in [6.07, 6.45) is 0. The Morgan fingerprint density at radius 3 is 2.53 bits per heavy atom. The van der Waals surface area contributed by atoms with E-state index < -0.39 is 5.95 Å². The van der Waals surface area contributed by atoms with Crippen LogP contribution >= 0.6 is 0 Å². The summed E-state index contributed by atoms with van der Waals surface area (Å²) in [7, 11) is 1.31. The van der Waals surface area contributed by atoms with Crippen molar-refractivity contribution in [2.75, 3.05) is 7.11 Å². The molecule has 0 spiro atoms. The monoisotopic (exact) mass is 227 g/mol. The molecule has 0 fully saturated rings. The van der Waals surface area contributed by atoms with Crippen molar-refractivity contribution in [3.63, 3.8) is 0 Å². The molecule has 4 heteroatoms. The van der Waals surface area contributed by atoms with Crippen LogP contribution in [0.1, 0.15) is 5.56 Å². The van der Waals surface area contributed by atoms with Crippen molar-refractivity contribution in [1.82, 2.24) is 0 Å². The molecule has 4 nitrogen and oxygen atoms in total. The molecule has 0 aromatic heterocycles. The van der Waals surface area contributed by atoms with Gasteiger partial charge in [0.05, 0.1) is 12.7 Å². The van der Waals surface area contributed by atoms with Gasteiger partial charge in [-0.1, -0.05) is 30.3 Å². The largest absolute Gasteiger partial charge is 0.475 e. The molecule has 0 radical (unpaired) electrons. The number of diazo groups is 1. The predicted molar refractivity (Wildman–Crippen MR) is 65.6 cm³/mol. The van der Waals surface area contributed by atoms with E-state index in [-0.39, 0.29) is 5.70 Å². The molecule has 0 saturated carbocycles. The Hall–Kier alpha value is -2.54. The van der Waals surface area contributed by atoms with Crippen molar-refractivity contribution in [2.45, 2.75) is 0 Å². The summed E-state index contributed by atoms with van der Waals surface area (Å²) in [5.41, 5.74) is 0.601. The van der Waals surface area contributed by atoms with E-state index in [9.17, 15) is 5.11 Å². The summed E-state index contributed by atoms with van der Waals surface area (Å²) >= 11 is 0. The average Bonchev–Trinajstić information content (AvgIpc) is 2.39. The van der Waals surface area contributed by atoms with E-state index in [1.807, 2.05) is 36.4 Å². The standard InChI is InChI=1S/C13H10N2O2/c1-17-13(16)12(15-14)11-7-6-9-4-2-3-5-10(9)8-11/h2-8H,1H3/p+1/b13-12+. The quantitative estimate of drug-likeness (QED) is 0.630.